The number of nitrogens with one attached hydrogen (secondary N) is 4. The van der Waals surface area contributed by atoms with Gasteiger partial charge in [-0.15, -0.1) is 34.3 Å². The third-order valence-electron chi connectivity index (χ3n) is 13.4. The van der Waals surface area contributed by atoms with Crippen LogP contribution in [0.1, 0.15) is 364 Å². The summed E-state index contributed by atoms with van der Waals surface area (Å²) in [6.45, 7) is 91.7. The van der Waals surface area contributed by atoms with Crippen LogP contribution in [-0.2, 0) is 46.5 Å². The molecule has 0 amide bonds. The molecule has 8 aromatic carbocycles. The molecule has 0 saturated heterocycles. The molecular formula is C115H192N8O12S7UYb4-4. The summed E-state index contributed by atoms with van der Waals surface area (Å²) in [6.07, 6.45) is 6.40. The van der Waals surface area contributed by atoms with Crippen LogP contribution in [0.15, 0.2) is 286 Å². The second-order valence-corrected chi connectivity index (χ2v) is 29.1. The average molecular weight is 3030 g/mol. The Morgan fingerprint density at radius 2 is 0.524 bits per heavy atom. The molecule has 870 valence electrons. The fourth-order valence-electron chi connectivity index (χ4n) is 8.81. The van der Waals surface area contributed by atoms with Crippen LogP contribution in [0.2, 0.25) is 0 Å². The van der Waals surface area contributed by atoms with Gasteiger partial charge in [-0.1, -0.05) is 412 Å². The number of aromatic nitrogens is 4. The third kappa shape index (κ3) is 81.7. The first kappa shape index (κ1) is 197. The minimum absolute atomic E-state index is 0. The summed E-state index contributed by atoms with van der Waals surface area (Å²) >= 11 is 3.49. The smallest absolute Gasteiger partial charge is 0.358 e. The number of para-hydroxylation sites is 4. The van der Waals surface area contributed by atoms with E-state index in [0.29, 0.717) is 32.3 Å². The molecule has 20 nitrogen and oxygen atoms in total. The van der Waals surface area contributed by atoms with Crippen molar-refractivity contribution in [2.24, 2.45) is 0 Å². The van der Waals surface area contributed by atoms with E-state index in [1.54, 1.807) is 193 Å². The van der Waals surface area contributed by atoms with E-state index in [2.05, 4.69) is 52.1 Å². The largest absolute Gasteiger partial charge is 2.00 e. The van der Waals surface area contributed by atoms with Crippen molar-refractivity contribution in [1.82, 2.24) is 19.3 Å². The molecule has 0 unspecified atom stereocenters. The van der Waals surface area contributed by atoms with Crippen molar-refractivity contribution < 1.29 is 272 Å². The van der Waals surface area contributed by atoms with Gasteiger partial charge in [0.2, 0.25) is 23.1 Å². The Morgan fingerprint density at radius 3 is 0.748 bits per heavy atom. The van der Waals surface area contributed by atoms with Crippen molar-refractivity contribution >= 4 is 120 Å². The van der Waals surface area contributed by atoms with Gasteiger partial charge in [0.15, 0.2) is 5.01 Å². The van der Waals surface area contributed by atoms with Crippen LogP contribution in [0, 0.1) is 262 Å². The molecular weight excluding hydrogens is 2840 g/mol. The number of anilines is 4. The summed E-state index contributed by atoms with van der Waals surface area (Å²) in [5.74, 6) is -1.23. The van der Waals surface area contributed by atoms with E-state index in [4.69, 9.17) is 0 Å². The van der Waals surface area contributed by atoms with E-state index in [0.717, 1.165) is 11.5 Å². The van der Waals surface area contributed by atoms with Crippen molar-refractivity contribution in [3.8, 4) is 0 Å². The third-order valence-corrected chi connectivity index (χ3v) is 21.3. The zero-order valence-electron chi connectivity index (χ0n) is 97.6. The summed E-state index contributed by atoms with van der Waals surface area (Å²) in [5, 5.41) is 2.01. The number of rotatable bonds is 21. The van der Waals surface area contributed by atoms with Crippen LogP contribution in [0.4, 0.5) is 22.7 Å². The SMILES string of the molecule is CC.CC.CC.CC.CC.CC.CC.CC.CC.CC.CC.CC.CC.CC.CC.CC.CC.CC.CC.CC.CC.O=C(c1ccns1)c1ccccc1NS(=O)(=O)c1ccccc1.O=C(c1cncs1)c1ccccc1NS(=O)(=O)c1ccccc1.O=C(c1nccs1)c1ccccc1NS(=O)(=O)c1ccccc1.[CH2-]Cc1c([CH2-])ccnc1C(=O)c1ccccc1NS(=O)(=O)c1ccccc1.[CH3-].[CH3-].[CH3-].[CH3-].[U+2].[Yb].[Yb].[Yb].[Yb]. The molecule has 0 spiro atoms. The van der Waals surface area contributed by atoms with Gasteiger partial charge < -0.3 is 36.6 Å². The summed E-state index contributed by atoms with van der Waals surface area (Å²) in [7, 11) is -15.1. The van der Waals surface area contributed by atoms with Crippen molar-refractivity contribution in [3.63, 3.8) is 0 Å². The zero-order valence-corrected chi connectivity index (χ0v) is 114. The summed E-state index contributed by atoms with van der Waals surface area (Å²) in [5.41, 5.74) is 5.07. The Morgan fingerprint density at radius 1 is 0.286 bits per heavy atom. The van der Waals surface area contributed by atoms with Crippen LogP contribution in [0.5, 0.6) is 0 Å². The molecule has 0 radical (unpaired) electrons. The van der Waals surface area contributed by atoms with Crippen LogP contribution < -0.4 is 18.9 Å². The molecule has 0 aliphatic rings. The molecule has 0 bridgehead atoms. The first-order chi connectivity index (χ1) is 67.2. The number of pyridine rings is 1. The van der Waals surface area contributed by atoms with E-state index in [9.17, 15) is 52.8 Å². The molecule has 0 aliphatic carbocycles. The number of sulfonamides is 4. The molecule has 12 rings (SSSR count). The minimum atomic E-state index is -3.82. The van der Waals surface area contributed by atoms with Gasteiger partial charge in [0, 0.05) is 234 Å². The fraction of sp³-hybridized carbons (Fsp3) is 0.374. The molecule has 4 aromatic heterocycles. The zero-order chi connectivity index (χ0) is 110. The number of nitrogens with zero attached hydrogens (tertiary/aromatic N) is 4. The number of hydrogen-bond acceptors (Lipinski definition) is 19. The Bertz CT molecular complexity index is 4820. The predicted molar refractivity (Wildman–Crippen MR) is 637 cm³/mol. The molecule has 0 aliphatic heterocycles. The van der Waals surface area contributed by atoms with Gasteiger partial charge in [0.1, 0.15) is 0 Å². The van der Waals surface area contributed by atoms with Crippen LogP contribution in [0.25, 0.3) is 0 Å². The molecule has 0 saturated carbocycles. The number of carbonyl (C=O) groups is 4. The first-order valence-corrected chi connectivity index (χ1v) is 57.8. The van der Waals surface area contributed by atoms with Gasteiger partial charge in [-0.05, 0) is 121 Å². The maximum Gasteiger partial charge on any atom is 2.00 e. The molecule has 12 aromatic rings. The fourth-order valence-corrected chi connectivity index (χ4v) is 14.9. The maximum absolute atomic E-state index is 13.1. The summed E-state index contributed by atoms with van der Waals surface area (Å²) in [4.78, 5) is 64.0. The second-order valence-electron chi connectivity index (χ2n) is 19.8. The van der Waals surface area contributed by atoms with Gasteiger partial charge in [-0.25, -0.2) is 49.4 Å². The second kappa shape index (κ2) is 140. The van der Waals surface area contributed by atoms with Gasteiger partial charge in [-0.2, -0.15) is 12.5 Å². The van der Waals surface area contributed by atoms with Crippen LogP contribution >= 0.6 is 34.2 Å². The van der Waals surface area contributed by atoms with E-state index in [1.165, 1.54) is 96.0 Å². The Kier molecular flexibility index (Phi) is 189. The number of carbonyl (C=O) groups excluding carboxylic acids is 4. The van der Waals surface area contributed by atoms with Crippen LogP contribution in [0.3, 0.4) is 0 Å². The predicted octanol–water partition coefficient (Wildman–Crippen LogP) is 36.5. The Balaban J connectivity index is -0.0000000620. The first-order valence-electron chi connectivity index (χ1n) is 49.3. The topological polar surface area (TPSA) is 305 Å². The quantitative estimate of drug-likeness (QED) is 0.0384. The molecule has 4 heterocycles. The van der Waals surface area contributed by atoms with Gasteiger partial charge >= 0.3 is 31.1 Å². The van der Waals surface area contributed by atoms with Gasteiger partial charge in [0.25, 0.3) is 40.1 Å². The molecule has 4 N–H and O–H groups in total. The number of thiazole rings is 2. The van der Waals surface area contributed by atoms with E-state index < -0.39 is 40.1 Å². The van der Waals surface area contributed by atoms with E-state index in [1.807, 2.05) is 291 Å². The summed E-state index contributed by atoms with van der Waals surface area (Å²) in [6, 6.07) is 61.3. The van der Waals surface area contributed by atoms with E-state index in [-0.39, 0.29) is 342 Å². The molecule has 147 heavy (non-hydrogen) atoms. The van der Waals surface area contributed by atoms with Gasteiger partial charge in [0.05, 0.1) is 63.3 Å². The number of hydrogen-bond donors (Lipinski definition) is 4. The monoisotopic (exact) mass is 3040 g/mol. The summed E-state index contributed by atoms with van der Waals surface area (Å²) < 4.78 is 114. The van der Waals surface area contributed by atoms with Crippen molar-refractivity contribution in [1.29, 1.82) is 0 Å². The maximum atomic E-state index is 13.1. The Labute approximate surface area is 1090 Å². The number of ketones is 4. The van der Waals surface area contributed by atoms with Gasteiger partial charge in [-0.3, -0.25) is 48.0 Å². The number of benzene rings is 8. The average Bonchev–Trinajstić information content (AvgIpc) is 1.48. The Hall–Kier alpha value is -3.52. The standard InChI is InChI=1S/C21H18N2O3S.3C16H12N2O3S2.21C2H6.4CH3.U.4Yb/c1-3-17-15(2)13-14-22-20(17)21(24)18-11-7-8-12-19(18)23-27(25,26)16-9-5-4-6-10-16;19-16(15-10-17-11-22-15)13-8-4-5-9-14(13)18-23(20,21)12-6-2-1-3-7-12;19-15(16-17-10-11-22-16)13-8-4-5-9-14(13)18-23(20,21)12-6-2-1-3-7-12;19-16(15-10-11-17-22-15)13-8-4-5-9-14(13)18-23(20,21)12-6-2-1-3-7-12;21*1-2;;;;;;;;;/h4-14,23H,1-3H2;3*1-11,18H;21*1-2H3;4*1H3;;;;;/q-2;;;;;;;;;;;;;;;;;;;;;;;;;4*-1;+2;;;;. The molecule has 0 fully saturated rings. The van der Waals surface area contributed by atoms with Crippen molar-refractivity contribution in [3.05, 3.63) is 364 Å². The minimum Gasteiger partial charge on any atom is -0.358 e. The normalized spacial score (nSPS) is 8.13. The molecule has 32 heteroatoms. The molecule has 0 atom stereocenters. The van der Waals surface area contributed by atoms with E-state index >= 15 is 0 Å². The van der Waals surface area contributed by atoms with Crippen molar-refractivity contribution in [2.45, 2.75) is 317 Å². The van der Waals surface area contributed by atoms with Crippen LogP contribution in [-0.4, -0.2) is 76.1 Å². The van der Waals surface area contributed by atoms with Crippen molar-refractivity contribution in [2.75, 3.05) is 18.9 Å².